The minimum atomic E-state index is 0.656. The van der Waals surface area contributed by atoms with E-state index in [-0.39, 0.29) is 0 Å². The van der Waals surface area contributed by atoms with Crippen molar-refractivity contribution in [1.82, 2.24) is 0 Å². The van der Waals surface area contributed by atoms with Gasteiger partial charge >= 0.3 is 0 Å². The van der Waals surface area contributed by atoms with Crippen LogP contribution in [0.15, 0.2) is 0 Å². The van der Waals surface area contributed by atoms with E-state index in [4.69, 9.17) is 4.74 Å². The molecule has 3 aliphatic rings. The number of hydrogen-bond acceptors (Lipinski definition) is 1. The molecule has 2 aliphatic carbocycles. The van der Waals surface area contributed by atoms with E-state index in [0.29, 0.717) is 12.2 Å². The monoisotopic (exact) mass is 194 g/mol. The molecule has 0 amide bonds. The molecule has 0 radical (unpaired) electrons. The third kappa shape index (κ3) is 1.60. The van der Waals surface area contributed by atoms with Crippen LogP contribution in [0.25, 0.3) is 0 Å². The fraction of sp³-hybridized carbons (Fsp3) is 1.00. The first-order valence-electron chi connectivity index (χ1n) is 6.59. The molecule has 0 unspecified atom stereocenters. The third-order valence-corrected chi connectivity index (χ3v) is 4.63. The van der Waals surface area contributed by atoms with Crippen LogP contribution >= 0.6 is 0 Å². The fourth-order valence-electron chi connectivity index (χ4n) is 3.86. The van der Waals surface area contributed by atoms with Crippen LogP contribution < -0.4 is 0 Å². The van der Waals surface area contributed by atoms with Gasteiger partial charge in [-0.1, -0.05) is 25.7 Å². The fourth-order valence-corrected chi connectivity index (χ4v) is 3.86. The maximum Gasteiger partial charge on any atom is 0.0607 e. The van der Waals surface area contributed by atoms with Gasteiger partial charge in [-0.25, -0.2) is 0 Å². The van der Waals surface area contributed by atoms with E-state index >= 15 is 0 Å². The molecule has 1 nitrogen and oxygen atoms in total. The summed E-state index contributed by atoms with van der Waals surface area (Å²) in [4.78, 5) is 0. The lowest BCUT2D eigenvalue weighted by Gasteiger charge is -2.46. The van der Waals surface area contributed by atoms with Crippen molar-refractivity contribution in [1.29, 1.82) is 0 Å². The molecule has 2 saturated carbocycles. The molecule has 1 saturated heterocycles. The quantitative estimate of drug-likeness (QED) is 0.573. The first-order valence-corrected chi connectivity index (χ1v) is 6.59. The zero-order valence-electron chi connectivity index (χ0n) is 9.08. The van der Waals surface area contributed by atoms with Crippen LogP contribution in [0.3, 0.4) is 0 Å². The SMILES string of the molecule is C1CC[C@@H]2O[C@H]3CCCC[C@@H]3C[C@H]2C1. The number of hydrogen-bond donors (Lipinski definition) is 0. The summed E-state index contributed by atoms with van der Waals surface area (Å²) in [5, 5.41) is 0. The molecule has 1 heterocycles. The molecule has 0 aromatic carbocycles. The van der Waals surface area contributed by atoms with Gasteiger partial charge in [0.25, 0.3) is 0 Å². The summed E-state index contributed by atoms with van der Waals surface area (Å²) in [6, 6.07) is 0. The summed E-state index contributed by atoms with van der Waals surface area (Å²) < 4.78 is 6.29. The Bertz CT molecular complexity index is 159. The largest absolute Gasteiger partial charge is 0.374 e. The van der Waals surface area contributed by atoms with E-state index < -0.39 is 0 Å². The summed E-state index contributed by atoms with van der Waals surface area (Å²) in [5.41, 5.74) is 0. The minimum absolute atomic E-state index is 0.656. The van der Waals surface area contributed by atoms with E-state index in [1.807, 2.05) is 0 Å². The number of rotatable bonds is 0. The van der Waals surface area contributed by atoms with Crippen molar-refractivity contribution >= 4 is 0 Å². The summed E-state index contributed by atoms with van der Waals surface area (Å²) >= 11 is 0. The van der Waals surface area contributed by atoms with E-state index in [9.17, 15) is 0 Å². The third-order valence-electron chi connectivity index (χ3n) is 4.63. The van der Waals surface area contributed by atoms with Gasteiger partial charge in [0.2, 0.25) is 0 Å². The van der Waals surface area contributed by atoms with E-state index in [1.54, 1.807) is 0 Å². The average molecular weight is 194 g/mol. The Kier molecular flexibility index (Phi) is 2.53. The van der Waals surface area contributed by atoms with Gasteiger partial charge in [-0.3, -0.25) is 0 Å². The minimum Gasteiger partial charge on any atom is -0.374 e. The van der Waals surface area contributed by atoms with Crippen molar-refractivity contribution in [2.24, 2.45) is 11.8 Å². The highest BCUT2D eigenvalue weighted by atomic mass is 16.5. The lowest BCUT2D eigenvalue weighted by atomic mass is 9.72. The second kappa shape index (κ2) is 3.84. The molecule has 3 fully saturated rings. The first kappa shape index (κ1) is 9.21. The topological polar surface area (TPSA) is 9.23 Å². The summed E-state index contributed by atoms with van der Waals surface area (Å²) in [7, 11) is 0. The molecule has 14 heavy (non-hydrogen) atoms. The molecule has 0 aromatic rings. The van der Waals surface area contributed by atoms with Crippen LogP contribution in [0, 0.1) is 11.8 Å². The Hall–Kier alpha value is -0.0400. The van der Waals surface area contributed by atoms with Gasteiger partial charge in [0.1, 0.15) is 0 Å². The molecule has 1 aliphatic heterocycles. The van der Waals surface area contributed by atoms with Crippen LogP contribution in [-0.2, 0) is 4.74 Å². The van der Waals surface area contributed by atoms with Gasteiger partial charge in [0.15, 0.2) is 0 Å². The van der Waals surface area contributed by atoms with Crippen molar-refractivity contribution in [2.45, 2.75) is 70.0 Å². The summed E-state index contributed by atoms with van der Waals surface area (Å²) in [6.45, 7) is 0. The Morgan fingerprint density at radius 3 is 1.71 bits per heavy atom. The highest BCUT2D eigenvalue weighted by molar-refractivity contribution is 4.88. The summed E-state index contributed by atoms with van der Waals surface area (Å²) in [5.74, 6) is 1.87. The van der Waals surface area contributed by atoms with Crippen molar-refractivity contribution in [3.63, 3.8) is 0 Å². The van der Waals surface area contributed by atoms with Crippen molar-refractivity contribution in [2.75, 3.05) is 0 Å². The van der Waals surface area contributed by atoms with Gasteiger partial charge in [-0.05, 0) is 43.9 Å². The number of ether oxygens (including phenoxy) is 1. The molecule has 1 heteroatoms. The molecule has 0 N–H and O–H groups in total. The molecular weight excluding hydrogens is 172 g/mol. The standard InChI is InChI=1S/C13H22O/c1-3-7-12-10(5-1)9-11-6-2-4-8-13(11)14-12/h10-13H,1-9H2/t10-,11-,12+,13+/m1/s1. The maximum absolute atomic E-state index is 6.29. The maximum atomic E-state index is 6.29. The van der Waals surface area contributed by atoms with Crippen LogP contribution in [0.4, 0.5) is 0 Å². The Balaban J connectivity index is 1.68. The van der Waals surface area contributed by atoms with E-state index in [0.717, 1.165) is 11.8 Å². The normalized spacial score (nSPS) is 48.0. The summed E-state index contributed by atoms with van der Waals surface area (Å²) in [6.07, 6.45) is 14.2. The smallest absolute Gasteiger partial charge is 0.0607 e. The van der Waals surface area contributed by atoms with Crippen molar-refractivity contribution in [3.05, 3.63) is 0 Å². The molecule has 4 atom stereocenters. The Labute approximate surface area is 87.2 Å². The second-order valence-electron chi connectivity index (χ2n) is 5.54. The van der Waals surface area contributed by atoms with Gasteiger partial charge in [-0.2, -0.15) is 0 Å². The Morgan fingerprint density at radius 2 is 1.14 bits per heavy atom. The van der Waals surface area contributed by atoms with Crippen molar-refractivity contribution in [3.8, 4) is 0 Å². The highest BCUT2D eigenvalue weighted by Crippen LogP contribution is 2.43. The second-order valence-corrected chi connectivity index (χ2v) is 5.54. The zero-order chi connectivity index (χ0) is 9.38. The molecule has 0 spiro atoms. The average Bonchev–Trinajstić information content (AvgIpc) is 2.26. The zero-order valence-corrected chi connectivity index (χ0v) is 9.08. The molecular formula is C13H22O. The van der Waals surface area contributed by atoms with Gasteiger partial charge in [0.05, 0.1) is 12.2 Å². The molecule has 3 rings (SSSR count). The Morgan fingerprint density at radius 1 is 0.643 bits per heavy atom. The van der Waals surface area contributed by atoms with E-state index in [2.05, 4.69) is 0 Å². The van der Waals surface area contributed by atoms with Crippen LogP contribution in [0.5, 0.6) is 0 Å². The van der Waals surface area contributed by atoms with Gasteiger partial charge in [-0.15, -0.1) is 0 Å². The highest BCUT2D eigenvalue weighted by Gasteiger charge is 2.39. The molecule has 0 bridgehead atoms. The van der Waals surface area contributed by atoms with Crippen LogP contribution in [0.2, 0.25) is 0 Å². The first-order chi connectivity index (χ1) is 6.93. The lowest BCUT2D eigenvalue weighted by molar-refractivity contribution is -0.140. The number of fused-ring (bicyclic) bond motifs is 2. The van der Waals surface area contributed by atoms with E-state index in [1.165, 1.54) is 57.8 Å². The molecule has 0 aromatic heterocycles. The van der Waals surface area contributed by atoms with Crippen LogP contribution in [-0.4, -0.2) is 12.2 Å². The predicted octanol–water partition coefficient (Wildman–Crippen LogP) is 3.52. The van der Waals surface area contributed by atoms with Gasteiger partial charge < -0.3 is 4.74 Å². The lowest BCUT2D eigenvalue weighted by Crippen LogP contribution is -2.43. The van der Waals surface area contributed by atoms with Crippen LogP contribution in [0.1, 0.15) is 57.8 Å². The van der Waals surface area contributed by atoms with Crippen molar-refractivity contribution < 1.29 is 4.74 Å². The predicted molar refractivity (Wildman–Crippen MR) is 57.2 cm³/mol. The van der Waals surface area contributed by atoms with Gasteiger partial charge in [0, 0.05) is 0 Å². The molecule has 80 valence electrons.